The van der Waals surface area contributed by atoms with E-state index in [9.17, 15) is 24.5 Å². The largest absolute Gasteiger partial charge is 0.505 e. The van der Waals surface area contributed by atoms with Gasteiger partial charge in [-0.2, -0.15) is 0 Å². The predicted octanol–water partition coefficient (Wildman–Crippen LogP) is 5.95. The summed E-state index contributed by atoms with van der Waals surface area (Å²) in [6.45, 7) is 3.19. The third-order valence-electron chi connectivity index (χ3n) is 5.36. The van der Waals surface area contributed by atoms with E-state index >= 15 is 0 Å². The van der Waals surface area contributed by atoms with Gasteiger partial charge >= 0.3 is 10.5 Å². The fraction of sp³-hybridized carbons (Fsp3) is 0.208. The Morgan fingerprint density at radius 1 is 1.10 bits per heavy atom. The van der Waals surface area contributed by atoms with Gasteiger partial charge in [0.05, 0.1) is 24.3 Å². The molecule has 4 N–H and O–H groups in total. The first kappa shape index (κ1) is 27.8. The van der Waals surface area contributed by atoms with Crippen molar-refractivity contribution in [3.8, 4) is 17.2 Å². The second-order valence-electron chi connectivity index (χ2n) is 8.45. The molecular weight excluding hydrogens is 547 g/mol. The number of aromatic hydroxyl groups is 1. The molecule has 0 unspecified atom stereocenters. The number of hydrogen-bond donors (Lipinski definition) is 4. The SMILES string of the molecule is Cc1cn(-c2ccc(/C=C3\OCCN=C3NCCNc3ccc(OS(F)(F)(F)(F)F)cc3)c(C=N)c2O)cn1. The monoisotopic (exact) mass is 572 g/mol. The van der Waals surface area contributed by atoms with Crippen molar-refractivity contribution in [2.45, 2.75) is 6.92 Å². The summed E-state index contributed by atoms with van der Waals surface area (Å²) in [6, 6.07) is 7.39. The number of nitrogens with one attached hydrogen (secondary N) is 3. The Morgan fingerprint density at radius 3 is 2.46 bits per heavy atom. The topological polar surface area (TPSA) is 117 Å². The van der Waals surface area contributed by atoms with Gasteiger partial charge < -0.3 is 34.6 Å². The summed E-state index contributed by atoms with van der Waals surface area (Å²) in [5.74, 6) is -0.273. The van der Waals surface area contributed by atoms with Crippen LogP contribution in [-0.2, 0) is 4.74 Å². The molecule has 1 aliphatic heterocycles. The van der Waals surface area contributed by atoms with Crippen molar-refractivity contribution in [2.24, 2.45) is 4.99 Å². The van der Waals surface area contributed by atoms with E-state index in [4.69, 9.17) is 10.1 Å². The number of aliphatic imine (C=N–C) groups is 1. The summed E-state index contributed by atoms with van der Waals surface area (Å²) in [6.07, 6.45) is 6.00. The predicted molar refractivity (Wildman–Crippen MR) is 141 cm³/mol. The first-order chi connectivity index (χ1) is 18.2. The fourth-order valence-corrected chi connectivity index (χ4v) is 4.18. The second-order valence-corrected chi connectivity index (χ2v) is 10.4. The van der Waals surface area contributed by atoms with Gasteiger partial charge in [0.1, 0.15) is 18.1 Å². The van der Waals surface area contributed by atoms with E-state index in [0.717, 1.165) is 24.0 Å². The first-order valence-electron chi connectivity index (χ1n) is 11.5. The van der Waals surface area contributed by atoms with E-state index in [1.807, 2.05) is 6.92 Å². The number of amidine groups is 1. The molecule has 0 saturated carbocycles. The molecule has 2 aromatic carbocycles. The summed E-state index contributed by atoms with van der Waals surface area (Å²) in [7, 11) is -10.0. The van der Waals surface area contributed by atoms with Crippen LogP contribution in [0.5, 0.6) is 11.5 Å². The van der Waals surface area contributed by atoms with Crippen molar-refractivity contribution in [3.05, 3.63) is 71.5 Å². The lowest BCUT2D eigenvalue weighted by Gasteiger charge is -2.39. The molecule has 9 nitrogen and oxygen atoms in total. The molecule has 0 bridgehead atoms. The highest BCUT2D eigenvalue weighted by atomic mass is 32.5. The van der Waals surface area contributed by atoms with Crippen molar-refractivity contribution < 1.29 is 33.5 Å². The van der Waals surface area contributed by atoms with Crippen molar-refractivity contribution in [3.63, 3.8) is 0 Å². The molecule has 4 rings (SSSR count). The lowest BCUT2D eigenvalue weighted by Crippen LogP contribution is -2.33. The van der Waals surface area contributed by atoms with E-state index in [-0.39, 0.29) is 11.3 Å². The molecule has 1 aromatic heterocycles. The maximum atomic E-state index is 12.4. The van der Waals surface area contributed by atoms with Gasteiger partial charge in [-0.15, -0.1) is 0 Å². The van der Waals surface area contributed by atoms with Crippen molar-refractivity contribution in [2.75, 3.05) is 31.6 Å². The van der Waals surface area contributed by atoms with E-state index < -0.39 is 16.3 Å². The number of ether oxygens (including phenoxy) is 1. The number of hydrogen-bond acceptors (Lipinski definition) is 8. The van der Waals surface area contributed by atoms with Crippen LogP contribution >= 0.6 is 10.5 Å². The molecule has 3 aromatic rings. The summed E-state index contributed by atoms with van der Waals surface area (Å²) in [5.41, 5.74) is 2.43. The summed E-state index contributed by atoms with van der Waals surface area (Å²) in [4.78, 5) is 8.57. The van der Waals surface area contributed by atoms with E-state index in [2.05, 4.69) is 24.8 Å². The minimum Gasteiger partial charge on any atom is -0.505 e. The molecule has 0 fully saturated rings. The number of nitrogens with zero attached hydrogens (tertiary/aromatic N) is 3. The highest BCUT2D eigenvalue weighted by Crippen LogP contribution is 2.97. The maximum absolute atomic E-state index is 12.4. The zero-order chi connectivity index (χ0) is 28.3. The second kappa shape index (κ2) is 9.80. The Hall–Kier alpha value is -4.27. The smallest absolute Gasteiger partial charge is 0.435 e. The van der Waals surface area contributed by atoms with Gasteiger partial charge in [-0.25, -0.2) is 4.98 Å². The van der Waals surface area contributed by atoms with Crippen molar-refractivity contribution in [1.29, 1.82) is 5.41 Å². The number of rotatable bonds is 9. The fourth-order valence-electron chi connectivity index (χ4n) is 3.70. The van der Waals surface area contributed by atoms with E-state index in [0.29, 0.717) is 54.8 Å². The number of halogens is 5. The van der Waals surface area contributed by atoms with Crippen LogP contribution in [0.1, 0.15) is 16.8 Å². The quantitative estimate of drug-likeness (QED) is 0.143. The van der Waals surface area contributed by atoms with Gasteiger partial charge in [0.2, 0.25) is 0 Å². The zero-order valence-corrected chi connectivity index (χ0v) is 21.3. The molecular formula is C24H25F5N6O3S. The normalized spacial score (nSPS) is 16.5. The number of benzene rings is 2. The zero-order valence-electron chi connectivity index (χ0n) is 20.5. The van der Waals surface area contributed by atoms with Gasteiger partial charge in [0.25, 0.3) is 0 Å². The molecule has 39 heavy (non-hydrogen) atoms. The van der Waals surface area contributed by atoms with Crippen LogP contribution in [0.2, 0.25) is 0 Å². The van der Waals surface area contributed by atoms with E-state index in [1.165, 1.54) is 12.1 Å². The number of aromatic nitrogens is 2. The van der Waals surface area contributed by atoms with Gasteiger partial charge in [0, 0.05) is 36.8 Å². The maximum Gasteiger partial charge on any atom is 0.435 e. The molecule has 1 aliphatic rings. The molecule has 0 spiro atoms. The lowest BCUT2D eigenvalue weighted by atomic mass is 10.0. The van der Waals surface area contributed by atoms with Crippen molar-refractivity contribution in [1.82, 2.24) is 14.9 Å². The summed E-state index contributed by atoms with van der Waals surface area (Å²) < 4.78 is 72.7. The average molecular weight is 573 g/mol. The number of imidazole rings is 1. The minimum atomic E-state index is -10.0. The highest BCUT2D eigenvalue weighted by molar-refractivity contribution is 8.42. The van der Waals surface area contributed by atoms with Crippen LogP contribution in [0.3, 0.4) is 0 Å². The molecule has 0 amide bonds. The molecule has 15 heteroatoms. The lowest BCUT2D eigenvalue weighted by molar-refractivity contribution is 0.232. The van der Waals surface area contributed by atoms with Crippen LogP contribution in [0.4, 0.5) is 25.1 Å². The van der Waals surface area contributed by atoms with Crippen molar-refractivity contribution >= 4 is 34.3 Å². The standard InChI is InChI=1S/C24H25F5N6O3S/c1-16-14-35(15-34-16)21-7-2-17(20(13-30)23(21)36)12-22-24(33-10-11-37-22)32-9-8-31-18-3-5-19(6-4-18)38-39(25,26,27,28)29/h2-7,12-15,30-31,36H,8-11H2,1H3,(H,32,33)/b22-12-,30-13?. The van der Waals surface area contributed by atoms with Crippen LogP contribution < -0.4 is 14.8 Å². The van der Waals surface area contributed by atoms with Gasteiger partial charge in [-0.05, 0) is 48.9 Å². The molecule has 210 valence electrons. The number of anilines is 1. The Bertz CT molecular complexity index is 1440. The number of aryl methyl sites for hydroxylation is 1. The van der Waals surface area contributed by atoms with Gasteiger partial charge in [-0.1, -0.05) is 25.5 Å². The Morgan fingerprint density at radius 2 is 1.82 bits per heavy atom. The number of phenols is 1. The Balaban J connectivity index is 1.40. The molecule has 2 heterocycles. The minimum absolute atomic E-state index is 0.0970. The molecule has 0 aliphatic carbocycles. The Kier molecular flexibility index (Phi) is 6.97. The number of phenolic OH excluding ortho intramolecular Hbond substituents is 1. The van der Waals surface area contributed by atoms with E-state index in [1.54, 1.807) is 35.3 Å². The highest BCUT2D eigenvalue weighted by Gasteiger charge is 2.67. The third kappa shape index (κ3) is 7.63. The molecule has 0 saturated heterocycles. The average Bonchev–Trinajstić information content (AvgIpc) is 3.28. The van der Waals surface area contributed by atoms with Gasteiger partial charge in [0.15, 0.2) is 11.6 Å². The van der Waals surface area contributed by atoms with Gasteiger partial charge in [-0.3, -0.25) is 4.99 Å². The van der Waals surface area contributed by atoms with Crippen LogP contribution in [0.25, 0.3) is 11.8 Å². The van der Waals surface area contributed by atoms with Crippen LogP contribution in [0.15, 0.2) is 59.7 Å². The summed E-state index contributed by atoms with van der Waals surface area (Å²) >= 11 is 0. The summed E-state index contributed by atoms with van der Waals surface area (Å²) in [5, 5.41) is 24.6. The van der Waals surface area contributed by atoms with Crippen LogP contribution in [-0.4, -0.2) is 52.9 Å². The first-order valence-corrected chi connectivity index (χ1v) is 13.4. The third-order valence-corrected chi connectivity index (χ3v) is 5.86. The molecule has 0 radical (unpaired) electrons. The Labute approximate surface area is 220 Å². The molecule has 0 atom stereocenters. The van der Waals surface area contributed by atoms with Crippen LogP contribution in [0, 0.1) is 12.3 Å².